The van der Waals surface area contributed by atoms with E-state index in [2.05, 4.69) is 10.3 Å². The van der Waals surface area contributed by atoms with Crippen molar-refractivity contribution in [2.45, 2.75) is 6.92 Å². The van der Waals surface area contributed by atoms with Crippen LogP contribution in [-0.4, -0.2) is 15.3 Å². The molecule has 124 valence electrons. The monoisotopic (exact) mass is 367 g/mol. The first kappa shape index (κ1) is 15.7. The second-order valence-corrected chi connectivity index (χ2v) is 7.32. The highest BCUT2D eigenvalue weighted by Crippen LogP contribution is 2.23. The normalized spacial score (nSPS) is 11.1. The van der Waals surface area contributed by atoms with Crippen LogP contribution >= 0.6 is 23.6 Å². The number of para-hydroxylation sites is 1. The molecule has 0 aliphatic carbocycles. The minimum absolute atomic E-state index is 0.243. The lowest BCUT2D eigenvalue weighted by atomic mass is 10.2. The number of carbonyl (C=O) groups excluding carboxylic acids is 1. The third-order valence-electron chi connectivity index (χ3n) is 3.95. The van der Waals surface area contributed by atoms with Gasteiger partial charge in [-0.25, -0.2) is 0 Å². The van der Waals surface area contributed by atoms with Crippen LogP contribution in [-0.2, 0) is 0 Å². The smallest absolute Gasteiger partial charge is 0.269 e. The lowest BCUT2D eigenvalue weighted by molar-refractivity contribution is 0.103. The van der Waals surface area contributed by atoms with Crippen molar-refractivity contribution in [3.63, 3.8) is 0 Å². The molecular formula is C18H13N3O2S2. The molecule has 2 N–H and O–H groups in total. The summed E-state index contributed by atoms with van der Waals surface area (Å²) in [6.45, 7) is 1.98. The standard InChI is InChI=1S/C18H13N3O2S2/c1-10-6-8-11(9-7-10)19-17(23)14-15-20-16(22)12-4-2-3-5-13(12)21(15)18(24)25-14/h2-9H,1H3,(H,19,23)(H,20,22). The van der Waals surface area contributed by atoms with Crippen LogP contribution in [0.4, 0.5) is 5.69 Å². The molecule has 0 saturated carbocycles. The molecule has 4 aromatic rings. The highest BCUT2D eigenvalue weighted by Gasteiger charge is 2.18. The summed E-state index contributed by atoms with van der Waals surface area (Å²) in [5, 5.41) is 3.38. The summed E-state index contributed by atoms with van der Waals surface area (Å²) in [5.41, 5.74) is 2.67. The zero-order valence-corrected chi connectivity index (χ0v) is 14.8. The number of thiazole rings is 1. The first-order valence-corrected chi connectivity index (χ1v) is 8.81. The number of benzene rings is 2. The number of nitrogens with zero attached hydrogens (tertiary/aromatic N) is 1. The Bertz CT molecular complexity index is 1230. The third-order valence-corrected chi connectivity index (χ3v) is 5.32. The number of rotatable bonds is 2. The molecule has 0 spiro atoms. The molecule has 0 unspecified atom stereocenters. The average molecular weight is 367 g/mol. The van der Waals surface area contributed by atoms with Gasteiger partial charge < -0.3 is 10.3 Å². The van der Waals surface area contributed by atoms with Gasteiger partial charge in [-0.3, -0.25) is 14.0 Å². The van der Waals surface area contributed by atoms with Gasteiger partial charge in [-0.05, 0) is 43.4 Å². The number of aryl methyl sites for hydroxylation is 1. The van der Waals surface area contributed by atoms with E-state index >= 15 is 0 Å². The van der Waals surface area contributed by atoms with E-state index in [0.29, 0.717) is 31.1 Å². The molecule has 2 aromatic carbocycles. The first-order valence-electron chi connectivity index (χ1n) is 7.59. The Morgan fingerprint density at radius 1 is 1.16 bits per heavy atom. The fourth-order valence-corrected chi connectivity index (χ4v) is 4.00. The fraction of sp³-hybridized carbons (Fsp3) is 0.0556. The summed E-state index contributed by atoms with van der Waals surface area (Å²) in [4.78, 5) is 28.2. The van der Waals surface area contributed by atoms with Crippen LogP contribution < -0.4 is 10.9 Å². The van der Waals surface area contributed by atoms with Crippen LogP contribution in [0.2, 0.25) is 0 Å². The van der Waals surface area contributed by atoms with Crippen molar-refractivity contribution in [3.05, 3.63) is 73.3 Å². The van der Waals surface area contributed by atoms with Crippen LogP contribution in [0.1, 0.15) is 15.2 Å². The molecule has 7 heteroatoms. The molecule has 0 radical (unpaired) electrons. The van der Waals surface area contributed by atoms with Gasteiger partial charge >= 0.3 is 0 Å². The topological polar surface area (TPSA) is 66.4 Å². The number of hydrogen-bond acceptors (Lipinski definition) is 4. The highest BCUT2D eigenvalue weighted by atomic mass is 32.1. The molecule has 25 heavy (non-hydrogen) atoms. The quantitative estimate of drug-likeness (QED) is 0.524. The molecule has 0 aliphatic heterocycles. The molecule has 0 saturated heterocycles. The van der Waals surface area contributed by atoms with Crippen molar-refractivity contribution in [3.8, 4) is 0 Å². The number of hydrogen-bond donors (Lipinski definition) is 2. The van der Waals surface area contributed by atoms with Crippen molar-refractivity contribution in [1.29, 1.82) is 0 Å². The molecule has 2 aromatic heterocycles. The van der Waals surface area contributed by atoms with E-state index < -0.39 is 0 Å². The Hall–Kier alpha value is -2.77. The van der Waals surface area contributed by atoms with Crippen molar-refractivity contribution < 1.29 is 4.79 Å². The van der Waals surface area contributed by atoms with Gasteiger partial charge in [0.1, 0.15) is 10.5 Å². The van der Waals surface area contributed by atoms with E-state index in [-0.39, 0.29) is 11.5 Å². The average Bonchev–Trinajstić information content (AvgIpc) is 2.94. The van der Waals surface area contributed by atoms with Crippen LogP contribution in [0.5, 0.6) is 0 Å². The summed E-state index contributed by atoms with van der Waals surface area (Å²) in [5.74, 6) is -0.298. The number of aromatic amines is 1. The third kappa shape index (κ3) is 2.67. The maximum absolute atomic E-state index is 12.7. The molecule has 5 nitrogen and oxygen atoms in total. The van der Waals surface area contributed by atoms with Gasteiger partial charge in [0.2, 0.25) is 0 Å². The number of anilines is 1. The van der Waals surface area contributed by atoms with Crippen molar-refractivity contribution in [2.24, 2.45) is 0 Å². The number of nitrogens with one attached hydrogen (secondary N) is 2. The minimum atomic E-state index is -0.298. The number of fused-ring (bicyclic) bond motifs is 3. The van der Waals surface area contributed by atoms with Crippen molar-refractivity contribution in [1.82, 2.24) is 9.38 Å². The number of aromatic nitrogens is 2. The minimum Gasteiger partial charge on any atom is -0.321 e. The predicted molar refractivity (Wildman–Crippen MR) is 103 cm³/mol. The molecular weight excluding hydrogens is 354 g/mol. The van der Waals surface area contributed by atoms with Crippen LogP contribution in [0.3, 0.4) is 0 Å². The summed E-state index contributed by atoms with van der Waals surface area (Å²) in [6, 6.07) is 14.7. The Morgan fingerprint density at radius 2 is 1.88 bits per heavy atom. The first-order chi connectivity index (χ1) is 12.0. The van der Waals surface area contributed by atoms with E-state index in [0.717, 1.165) is 5.56 Å². The van der Waals surface area contributed by atoms with Gasteiger partial charge in [0.05, 0.1) is 10.9 Å². The van der Waals surface area contributed by atoms with Gasteiger partial charge in [0, 0.05) is 5.69 Å². The molecule has 4 rings (SSSR count). The number of amides is 1. The van der Waals surface area contributed by atoms with Gasteiger partial charge in [-0.1, -0.05) is 41.2 Å². The van der Waals surface area contributed by atoms with E-state index in [1.807, 2.05) is 43.3 Å². The SMILES string of the molecule is Cc1ccc(NC(=O)c2sc(=S)n3c2[nH]c(=O)c2ccccc23)cc1. The van der Waals surface area contributed by atoms with Crippen LogP contribution in [0, 0.1) is 10.9 Å². The zero-order chi connectivity index (χ0) is 17.6. The van der Waals surface area contributed by atoms with E-state index in [1.54, 1.807) is 16.5 Å². The van der Waals surface area contributed by atoms with E-state index in [4.69, 9.17) is 12.2 Å². The Morgan fingerprint density at radius 3 is 2.64 bits per heavy atom. The highest BCUT2D eigenvalue weighted by molar-refractivity contribution is 7.73. The lowest BCUT2D eigenvalue weighted by Crippen LogP contribution is -2.14. The molecule has 1 amide bonds. The number of carbonyl (C=O) groups is 1. The van der Waals surface area contributed by atoms with Gasteiger partial charge in [-0.2, -0.15) is 0 Å². The fourth-order valence-electron chi connectivity index (χ4n) is 2.72. The second kappa shape index (κ2) is 5.94. The zero-order valence-electron chi connectivity index (χ0n) is 13.2. The van der Waals surface area contributed by atoms with Gasteiger partial charge in [0.25, 0.3) is 11.5 Å². The lowest BCUT2D eigenvalue weighted by Gasteiger charge is -2.05. The maximum atomic E-state index is 12.7. The van der Waals surface area contributed by atoms with Crippen LogP contribution in [0.25, 0.3) is 16.6 Å². The van der Waals surface area contributed by atoms with E-state index in [1.165, 1.54) is 11.3 Å². The Balaban J connectivity index is 1.88. The Labute approximate surface area is 151 Å². The second-order valence-electron chi connectivity index (χ2n) is 5.67. The summed E-state index contributed by atoms with van der Waals surface area (Å²) >= 11 is 6.60. The largest absolute Gasteiger partial charge is 0.321 e. The molecule has 0 bridgehead atoms. The van der Waals surface area contributed by atoms with E-state index in [9.17, 15) is 9.59 Å². The van der Waals surface area contributed by atoms with Crippen molar-refractivity contribution in [2.75, 3.05) is 5.32 Å². The summed E-state index contributed by atoms with van der Waals surface area (Å²) in [6.07, 6.45) is 0. The molecule has 2 heterocycles. The maximum Gasteiger partial charge on any atom is 0.269 e. The Kier molecular flexibility index (Phi) is 3.74. The van der Waals surface area contributed by atoms with Gasteiger partial charge in [0.15, 0.2) is 3.95 Å². The summed E-state index contributed by atoms with van der Waals surface area (Å²) < 4.78 is 2.25. The predicted octanol–water partition coefficient (Wildman–Crippen LogP) is 4.13. The van der Waals surface area contributed by atoms with Crippen LogP contribution in [0.15, 0.2) is 53.3 Å². The summed E-state index contributed by atoms with van der Waals surface area (Å²) in [7, 11) is 0. The molecule has 0 fully saturated rings. The number of H-pyrrole nitrogens is 1. The van der Waals surface area contributed by atoms with Crippen molar-refractivity contribution >= 4 is 51.7 Å². The molecule has 0 atom stereocenters. The van der Waals surface area contributed by atoms with Gasteiger partial charge in [-0.15, -0.1) is 0 Å². The molecule has 0 aliphatic rings.